The number of aromatic amines is 1. The van der Waals surface area contributed by atoms with E-state index >= 15 is 0 Å². The average molecular weight is 252 g/mol. The second kappa shape index (κ2) is 3.61. The van der Waals surface area contributed by atoms with E-state index in [0.717, 1.165) is 22.5 Å². The first-order valence-electron chi connectivity index (χ1n) is 6.03. The van der Waals surface area contributed by atoms with Gasteiger partial charge in [0.05, 0.1) is 11.0 Å². The third kappa shape index (κ3) is 1.43. The van der Waals surface area contributed by atoms with Crippen LogP contribution in [-0.4, -0.2) is 20.5 Å². The van der Waals surface area contributed by atoms with Crippen LogP contribution in [0, 0.1) is 0 Å². The summed E-state index contributed by atoms with van der Waals surface area (Å²) >= 11 is 0. The summed E-state index contributed by atoms with van der Waals surface area (Å²) in [5.41, 5.74) is 8.85. The lowest BCUT2D eigenvalue weighted by Crippen LogP contribution is -2.31. The number of nitrogens with one attached hydrogen (secondary N) is 2. The zero-order valence-corrected chi connectivity index (χ0v) is 10.0. The number of benzene rings is 1. The average Bonchev–Trinajstić information content (AvgIpc) is 3.04. The SMILES string of the molecule is NC1=NC(c2cc[nH]c2)n2c(nc3ccccc32)N1. The first-order chi connectivity index (χ1) is 9.33. The minimum absolute atomic E-state index is 0.185. The molecule has 94 valence electrons. The van der Waals surface area contributed by atoms with Crippen molar-refractivity contribution in [1.82, 2.24) is 14.5 Å². The second-order valence-electron chi connectivity index (χ2n) is 4.45. The van der Waals surface area contributed by atoms with E-state index in [-0.39, 0.29) is 6.17 Å². The predicted molar refractivity (Wildman–Crippen MR) is 73.9 cm³/mol. The Morgan fingerprint density at radius 3 is 2.95 bits per heavy atom. The van der Waals surface area contributed by atoms with Crippen molar-refractivity contribution in [2.45, 2.75) is 6.17 Å². The van der Waals surface area contributed by atoms with Crippen LogP contribution in [0.15, 0.2) is 47.7 Å². The van der Waals surface area contributed by atoms with Crippen molar-refractivity contribution in [3.8, 4) is 0 Å². The highest BCUT2D eigenvalue weighted by molar-refractivity contribution is 5.94. The van der Waals surface area contributed by atoms with Crippen LogP contribution in [0.2, 0.25) is 0 Å². The van der Waals surface area contributed by atoms with Crippen molar-refractivity contribution < 1.29 is 0 Å². The highest BCUT2D eigenvalue weighted by Crippen LogP contribution is 2.31. The molecule has 1 aliphatic rings. The third-order valence-electron chi connectivity index (χ3n) is 3.26. The van der Waals surface area contributed by atoms with Gasteiger partial charge in [-0.25, -0.2) is 9.98 Å². The van der Waals surface area contributed by atoms with Gasteiger partial charge in [-0.3, -0.25) is 9.88 Å². The maximum Gasteiger partial charge on any atom is 0.212 e. The Bertz CT molecular complexity index is 768. The summed E-state index contributed by atoms with van der Waals surface area (Å²) in [6, 6.07) is 9.96. The molecular weight excluding hydrogens is 240 g/mol. The van der Waals surface area contributed by atoms with Crippen LogP contribution in [0.5, 0.6) is 0 Å². The van der Waals surface area contributed by atoms with E-state index in [2.05, 4.69) is 24.8 Å². The topological polar surface area (TPSA) is 84.0 Å². The first-order valence-corrected chi connectivity index (χ1v) is 6.03. The van der Waals surface area contributed by atoms with E-state index < -0.39 is 0 Å². The maximum absolute atomic E-state index is 5.84. The van der Waals surface area contributed by atoms with Crippen molar-refractivity contribution in [3.05, 3.63) is 48.3 Å². The van der Waals surface area contributed by atoms with Gasteiger partial charge >= 0.3 is 0 Å². The Morgan fingerprint density at radius 2 is 2.11 bits per heavy atom. The number of fused-ring (bicyclic) bond motifs is 3. The standard InChI is InChI=1S/C13H12N6/c14-12-17-11(8-5-6-15-7-8)19-10-4-2-1-3-9(10)16-13(19)18-12/h1-7,11,15H,(H3,14,16,17,18). The largest absolute Gasteiger partial charge is 0.370 e. The number of nitrogens with zero attached hydrogens (tertiary/aromatic N) is 3. The Hall–Kier alpha value is -2.76. The van der Waals surface area contributed by atoms with Crippen LogP contribution in [0.1, 0.15) is 11.7 Å². The van der Waals surface area contributed by atoms with Crippen LogP contribution in [0.4, 0.5) is 5.95 Å². The molecule has 6 nitrogen and oxygen atoms in total. The third-order valence-corrected chi connectivity index (χ3v) is 3.26. The van der Waals surface area contributed by atoms with Crippen LogP contribution in [0.3, 0.4) is 0 Å². The van der Waals surface area contributed by atoms with Crippen molar-refractivity contribution in [1.29, 1.82) is 0 Å². The normalized spacial score (nSPS) is 17.9. The maximum atomic E-state index is 5.84. The molecule has 0 bridgehead atoms. The quantitative estimate of drug-likeness (QED) is 0.615. The van der Waals surface area contributed by atoms with Crippen LogP contribution >= 0.6 is 0 Å². The van der Waals surface area contributed by atoms with E-state index in [9.17, 15) is 0 Å². The molecule has 4 rings (SSSR count). The summed E-state index contributed by atoms with van der Waals surface area (Å²) in [7, 11) is 0. The Balaban J connectivity index is 2.00. The number of rotatable bonds is 1. The van der Waals surface area contributed by atoms with Gasteiger partial charge in [-0.2, -0.15) is 0 Å². The summed E-state index contributed by atoms with van der Waals surface area (Å²) in [5, 5.41) is 3.01. The highest BCUT2D eigenvalue weighted by Gasteiger charge is 2.24. The zero-order chi connectivity index (χ0) is 12.8. The molecule has 0 amide bonds. The molecule has 0 aliphatic carbocycles. The van der Waals surface area contributed by atoms with E-state index in [1.807, 2.05) is 42.7 Å². The van der Waals surface area contributed by atoms with E-state index in [0.29, 0.717) is 5.96 Å². The molecule has 2 aromatic heterocycles. The fourth-order valence-electron chi connectivity index (χ4n) is 2.44. The zero-order valence-electron chi connectivity index (χ0n) is 10.0. The number of imidazole rings is 1. The molecule has 3 heterocycles. The van der Waals surface area contributed by atoms with Gasteiger partial charge in [-0.05, 0) is 18.2 Å². The predicted octanol–water partition coefficient (Wildman–Crippen LogP) is 1.65. The molecule has 1 atom stereocenters. The van der Waals surface area contributed by atoms with Gasteiger partial charge in [0.1, 0.15) is 0 Å². The molecule has 4 N–H and O–H groups in total. The Labute approximate surface area is 109 Å². The number of hydrogen-bond acceptors (Lipinski definition) is 4. The molecule has 19 heavy (non-hydrogen) atoms. The summed E-state index contributed by atoms with van der Waals surface area (Å²) in [5.74, 6) is 1.11. The van der Waals surface area contributed by atoms with Crippen molar-refractivity contribution in [2.75, 3.05) is 5.32 Å². The van der Waals surface area contributed by atoms with Crippen LogP contribution < -0.4 is 11.1 Å². The summed E-state index contributed by atoms with van der Waals surface area (Å²) in [4.78, 5) is 12.1. The fraction of sp³-hybridized carbons (Fsp3) is 0.0769. The van der Waals surface area contributed by atoms with Crippen LogP contribution in [0.25, 0.3) is 11.0 Å². The van der Waals surface area contributed by atoms with Gasteiger partial charge in [-0.1, -0.05) is 12.1 Å². The van der Waals surface area contributed by atoms with E-state index in [1.54, 1.807) is 0 Å². The summed E-state index contributed by atoms with van der Waals surface area (Å²) in [6.45, 7) is 0. The smallest absolute Gasteiger partial charge is 0.212 e. The molecule has 0 saturated carbocycles. The molecular formula is C13H12N6. The van der Waals surface area contributed by atoms with Crippen molar-refractivity contribution in [3.63, 3.8) is 0 Å². The number of aromatic nitrogens is 3. The molecule has 1 aromatic carbocycles. The molecule has 0 saturated heterocycles. The van der Waals surface area contributed by atoms with Gasteiger partial charge < -0.3 is 10.7 Å². The lowest BCUT2D eigenvalue weighted by Gasteiger charge is -2.22. The van der Waals surface area contributed by atoms with Crippen molar-refractivity contribution >= 4 is 22.9 Å². The van der Waals surface area contributed by atoms with Gasteiger partial charge in [0, 0.05) is 18.0 Å². The van der Waals surface area contributed by atoms with E-state index in [4.69, 9.17) is 5.73 Å². The number of nitrogens with two attached hydrogens (primary N) is 1. The van der Waals surface area contributed by atoms with Crippen LogP contribution in [-0.2, 0) is 0 Å². The minimum Gasteiger partial charge on any atom is -0.370 e. The fourth-order valence-corrected chi connectivity index (χ4v) is 2.44. The number of aliphatic imine (C=N–C) groups is 1. The molecule has 0 radical (unpaired) electrons. The molecule has 3 aromatic rings. The molecule has 1 unspecified atom stereocenters. The number of hydrogen-bond donors (Lipinski definition) is 3. The highest BCUT2D eigenvalue weighted by atomic mass is 15.4. The van der Waals surface area contributed by atoms with E-state index in [1.165, 1.54) is 0 Å². The number of guanidine groups is 1. The monoisotopic (exact) mass is 252 g/mol. The van der Waals surface area contributed by atoms with Gasteiger partial charge in [0.15, 0.2) is 12.1 Å². The lowest BCUT2D eigenvalue weighted by atomic mass is 10.2. The molecule has 6 heteroatoms. The number of para-hydroxylation sites is 2. The first kappa shape index (κ1) is 10.2. The molecule has 0 fully saturated rings. The number of anilines is 1. The Morgan fingerprint density at radius 1 is 1.21 bits per heavy atom. The van der Waals surface area contributed by atoms with Gasteiger partial charge in [-0.15, -0.1) is 0 Å². The summed E-state index contributed by atoms with van der Waals surface area (Å²) < 4.78 is 2.05. The number of H-pyrrole nitrogens is 1. The summed E-state index contributed by atoms with van der Waals surface area (Å²) in [6.07, 6.45) is 3.61. The molecule has 0 spiro atoms. The lowest BCUT2D eigenvalue weighted by molar-refractivity contribution is 0.627. The van der Waals surface area contributed by atoms with Gasteiger partial charge in [0.25, 0.3) is 0 Å². The second-order valence-corrected chi connectivity index (χ2v) is 4.45. The van der Waals surface area contributed by atoms with Gasteiger partial charge in [0.2, 0.25) is 5.95 Å². The Kier molecular flexibility index (Phi) is 1.94. The minimum atomic E-state index is -0.185. The molecule has 1 aliphatic heterocycles. The van der Waals surface area contributed by atoms with Crippen molar-refractivity contribution in [2.24, 2.45) is 10.7 Å².